The van der Waals surface area contributed by atoms with Crippen LogP contribution in [0.2, 0.25) is 0 Å². The van der Waals surface area contributed by atoms with E-state index in [-0.39, 0.29) is 5.91 Å². The van der Waals surface area contributed by atoms with Gasteiger partial charge in [-0.15, -0.1) is 0 Å². The predicted molar refractivity (Wildman–Crippen MR) is 78.6 cm³/mol. The third kappa shape index (κ3) is 2.45. The lowest BCUT2D eigenvalue weighted by molar-refractivity contribution is -0.115. The Kier molecular flexibility index (Phi) is 3.06. The number of nitrogens with one attached hydrogen (secondary N) is 2. The molecule has 3 rings (SSSR count). The van der Waals surface area contributed by atoms with Gasteiger partial charge in [-0.25, -0.2) is 0 Å². The Morgan fingerprint density at radius 1 is 1.50 bits per heavy atom. The van der Waals surface area contributed by atoms with Crippen molar-refractivity contribution < 1.29 is 4.79 Å². The number of carbonyl (C=O) groups is 1. The summed E-state index contributed by atoms with van der Waals surface area (Å²) in [7, 11) is 1.90. The summed E-state index contributed by atoms with van der Waals surface area (Å²) in [5.74, 6) is 0.0186. The van der Waals surface area contributed by atoms with Gasteiger partial charge in [0.2, 0.25) is 5.91 Å². The first-order valence-corrected chi connectivity index (χ1v) is 6.56. The topological polar surface area (TPSA) is 85.0 Å². The summed E-state index contributed by atoms with van der Waals surface area (Å²) in [6.45, 7) is 0.744. The monoisotopic (exact) mass is 271 g/mol. The zero-order chi connectivity index (χ0) is 14.1. The Morgan fingerprint density at radius 2 is 2.35 bits per heavy atom. The third-order valence-corrected chi connectivity index (χ3v) is 3.37. The SMILES string of the molecule is Cn1ccc(CCNc2cc3c(cc2N)CC(=O)N3)n1. The number of nitrogens with two attached hydrogens (primary N) is 1. The minimum atomic E-state index is 0.0186. The summed E-state index contributed by atoms with van der Waals surface area (Å²) in [5.41, 5.74) is 10.4. The molecule has 0 aliphatic carbocycles. The number of fused-ring (bicyclic) bond motifs is 1. The van der Waals surface area contributed by atoms with E-state index < -0.39 is 0 Å². The van der Waals surface area contributed by atoms with Gasteiger partial charge in [0, 0.05) is 31.9 Å². The van der Waals surface area contributed by atoms with E-state index >= 15 is 0 Å². The molecular weight excluding hydrogens is 254 g/mol. The van der Waals surface area contributed by atoms with Crippen molar-refractivity contribution in [3.05, 3.63) is 35.7 Å². The van der Waals surface area contributed by atoms with E-state index in [2.05, 4.69) is 15.7 Å². The molecule has 0 atom stereocenters. The van der Waals surface area contributed by atoms with E-state index in [9.17, 15) is 4.79 Å². The average molecular weight is 271 g/mol. The summed E-state index contributed by atoms with van der Waals surface area (Å²) >= 11 is 0. The number of aryl methyl sites for hydroxylation is 1. The zero-order valence-corrected chi connectivity index (χ0v) is 11.3. The van der Waals surface area contributed by atoms with Crippen molar-refractivity contribution in [3.63, 3.8) is 0 Å². The Hall–Kier alpha value is -2.50. The van der Waals surface area contributed by atoms with Crippen LogP contribution < -0.4 is 16.4 Å². The first-order chi connectivity index (χ1) is 9.61. The third-order valence-electron chi connectivity index (χ3n) is 3.37. The highest BCUT2D eigenvalue weighted by Crippen LogP contribution is 2.31. The highest BCUT2D eigenvalue weighted by Gasteiger charge is 2.19. The van der Waals surface area contributed by atoms with Crippen LogP contribution in [0.1, 0.15) is 11.3 Å². The minimum absolute atomic E-state index is 0.0186. The lowest BCUT2D eigenvalue weighted by atomic mass is 10.1. The summed E-state index contributed by atoms with van der Waals surface area (Å²) in [4.78, 5) is 11.3. The minimum Gasteiger partial charge on any atom is -0.397 e. The molecule has 104 valence electrons. The largest absolute Gasteiger partial charge is 0.397 e. The Morgan fingerprint density at radius 3 is 3.10 bits per heavy atom. The van der Waals surface area contributed by atoms with E-state index in [0.29, 0.717) is 12.1 Å². The number of amides is 1. The number of anilines is 3. The lowest BCUT2D eigenvalue weighted by Crippen LogP contribution is -2.08. The predicted octanol–water partition coefficient (Wildman–Crippen LogP) is 1.15. The van der Waals surface area contributed by atoms with Gasteiger partial charge in [0.05, 0.1) is 23.5 Å². The molecular formula is C14H17N5O. The number of nitrogens with zero attached hydrogens (tertiary/aromatic N) is 2. The van der Waals surface area contributed by atoms with Gasteiger partial charge in [-0.1, -0.05) is 0 Å². The molecule has 0 spiro atoms. The second kappa shape index (κ2) is 4.88. The lowest BCUT2D eigenvalue weighted by Gasteiger charge is -2.11. The maximum atomic E-state index is 11.3. The maximum Gasteiger partial charge on any atom is 0.228 e. The molecule has 1 aliphatic rings. The number of benzene rings is 1. The molecule has 1 aromatic carbocycles. The Balaban J connectivity index is 1.66. The fourth-order valence-corrected chi connectivity index (χ4v) is 2.37. The van der Waals surface area contributed by atoms with Crippen LogP contribution in [0.25, 0.3) is 0 Å². The van der Waals surface area contributed by atoms with Crippen LogP contribution in [0, 0.1) is 0 Å². The van der Waals surface area contributed by atoms with Crippen LogP contribution in [0.4, 0.5) is 17.1 Å². The van der Waals surface area contributed by atoms with Gasteiger partial charge in [-0.05, 0) is 23.8 Å². The zero-order valence-electron chi connectivity index (χ0n) is 11.3. The van der Waals surface area contributed by atoms with Gasteiger partial charge in [-0.3, -0.25) is 9.48 Å². The quantitative estimate of drug-likeness (QED) is 0.728. The molecule has 0 unspecified atom stereocenters. The molecule has 1 aromatic heterocycles. The smallest absolute Gasteiger partial charge is 0.228 e. The number of carbonyl (C=O) groups excluding carboxylic acids is 1. The standard InChI is InChI=1S/C14H17N5O/c1-19-5-3-10(18-19)2-4-16-13-8-12-9(6-11(13)15)7-14(20)17-12/h3,5-6,8,16H,2,4,7,15H2,1H3,(H,17,20). The molecule has 0 radical (unpaired) electrons. The van der Waals surface area contributed by atoms with E-state index in [1.165, 1.54) is 0 Å². The highest BCUT2D eigenvalue weighted by molar-refractivity contribution is 6.00. The summed E-state index contributed by atoms with van der Waals surface area (Å²) in [6.07, 6.45) is 3.16. The van der Waals surface area contributed by atoms with Crippen molar-refractivity contribution in [2.24, 2.45) is 7.05 Å². The fraction of sp³-hybridized carbons (Fsp3) is 0.286. The van der Waals surface area contributed by atoms with Crippen molar-refractivity contribution >= 4 is 23.0 Å². The van der Waals surface area contributed by atoms with Gasteiger partial charge in [0.15, 0.2) is 0 Å². The van der Waals surface area contributed by atoms with E-state index in [1.54, 1.807) is 4.68 Å². The molecule has 6 heteroatoms. The molecule has 2 aromatic rings. The molecule has 0 saturated carbocycles. The summed E-state index contributed by atoms with van der Waals surface area (Å²) in [6, 6.07) is 5.75. The van der Waals surface area contributed by atoms with Gasteiger partial charge < -0.3 is 16.4 Å². The van der Waals surface area contributed by atoms with Gasteiger partial charge in [0.1, 0.15) is 0 Å². The number of hydrogen-bond acceptors (Lipinski definition) is 4. The molecule has 6 nitrogen and oxygen atoms in total. The van der Waals surface area contributed by atoms with E-state index in [4.69, 9.17) is 5.73 Å². The first-order valence-electron chi connectivity index (χ1n) is 6.56. The fourth-order valence-electron chi connectivity index (χ4n) is 2.37. The van der Waals surface area contributed by atoms with Crippen LogP contribution >= 0.6 is 0 Å². The molecule has 0 bridgehead atoms. The summed E-state index contributed by atoms with van der Waals surface area (Å²) in [5, 5.41) is 10.4. The normalized spacial score (nSPS) is 13.2. The maximum absolute atomic E-state index is 11.3. The Labute approximate surface area is 117 Å². The molecule has 1 amide bonds. The molecule has 0 saturated heterocycles. The number of nitrogen functional groups attached to an aromatic ring is 1. The Bertz CT molecular complexity index is 662. The van der Waals surface area contributed by atoms with Gasteiger partial charge >= 0.3 is 0 Å². The van der Waals surface area contributed by atoms with E-state index in [0.717, 1.165) is 35.6 Å². The first kappa shape index (κ1) is 12.5. The van der Waals surface area contributed by atoms with Crippen molar-refractivity contribution in [1.82, 2.24) is 9.78 Å². The second-order valence-electron chi connectivity index (χ2n) is 4.98. The molecule has 0 fully saturated rings. The second-order valence-corrected chi connectivity index (χ2v) is 4.98. The van der Waals surface area contributed by atoms with Crippen LogP contribution in [0.5, 0.6) is 0 Å². The number of hydrogen-bond donors (Lipinski definition) is 3. The van der Waals surface area contributed by atoms with Crippen molar-refractivity contribution in [1.29, 1.82) is 0 Å². The van der Waals surface area contributed by atoms with Crippen LogP contribution in [-0.4, -0.2) is 22.2 Å². The molecule has 2 heterocycles. The van der Waals surface area contributed by atoms with Crippen LogP contribution in [0.15, 0.2) is 24.4 Å². The van der Waals surface area contributed by atoms with Crippen molar-refractivity contribution in [2.75, 3.05) is 22.9 Å². The molecule has 4 N–H and O–H groups in total. The molecule has 1 aliphatic heterocycles. The number of rotatable bonds is 4. The summed E-state index contributed by atoms with van der Waals surface area (Å²) < 4.78 is 1.79. The van der Waals surface area contributed by atoms with Gasteiger partial charge in [-0.2, -0.15) is 5.10 Å². The number of aromatic nitrogens is 2. The van der Waals surface area contributed by atoms with Crippen LogP contribution in [0.3, 0.4) is 0 Å². The van der Waals surface area contributed by atoms with E-state index in [1.807, 2.05) is 31.4 Å². The van der Waals surface area contributed by atoms with Crippen LogP contribution in [-0.2, 0) is 24.7 Å². The van der Waals surface area contributed by atoms with Crippen molar-refractivity contribution in [3.8, 4) is 0 Å². The van der Waals surface area contributed by atoms with Crippen molar-refractivity contribution in [2.45, 2.75) is 12.8 Å². The van der Waals surface area contributed by atoms with Gasteiger partial charge in [0.25, 0.3) is 0 Å². The molecule has 20 heavy (non-hydrogen) atoms. The highest BCUT2D eigenvalue weighted by atomic mass is 16.1. The average Bonchev–Trinajstić information content (AvgIpc) is 2.95.